The molecule has 0 saturated carbocycles. The molecule has 4 aromatic rings. The van der Waals surface area contributed by atoms with Gasteiger partial charge in [-0.3, -0.25) is 9.59 Å². The lowest BCUT2D eigenvalue weighted by Crippen LogP contribution is -2.14. The fourth-order valence-corrected chi connectivity index (χ4v) is 2.98. The monoisotopic (exact) mass is 391 g/mol. The number of rotatable bonds is 4. The van der Waals surface area contributed by atoms with Gasteiger partial charge >= 0.3 is 0 Å². The van der Waals surface area contributed by atoms with Crippen LogP contribution in [0.25, 0.3) is 11.0 Å². The largest absolute Gasteiger partial charge is 0.450 e. The predicted octanol–water partition coefficient (Wildman–Crippen LogP) is 5.50. The lowest BCUT2D eigenvalue weighted by molar-refractivity contribution is 0.101. The molecule has 4 nitrogen and oxygen atoms in total. The Labute approximate surface area is 164 Å². The van der Waals surface area contributed by atoms with Crippen LogP contribution in [0.4, 0.5) is 14.5 Å². The zero-order valence-corrected chi connectivity index (χ0v) is 15.3. The molecule has 4 rings (SSSR count). The Balaban J connectivity index is 1.78. The van der Waals surface area contributed by atoms with Crippen molar-refractivity contribution in [3.63, 3.8) is 0 Å². The third-order valence-corrected chi connectivity index (χ3v) is 4.58. The number of ketones is 1. The number of aryl methyl sites for hydroxylation is 1. The summed E-state index contributed by atoms with van der Waals surface area (Å²) in [4.78, 5) is 25.6. The highest BCUT2D eigenvalue weighted by Crippen LogP contribution is 2.33. The van der Waals surface area contributed by atoms with Gasteiger partial charge in [-0.05, 0) is 55.0 Å². The summed E-state index contributed by atoms with van der Waals surface area (Å²) in [6.45, 7) is 1.60. The number of hydrogen-bond acceptors (Lipinski definition) is 3. The smallest absolute Gasteiger partial charge is 0.255 e. The van der Waals surface area contributed by atoms with Crippen LogP contribution in [0.1, 0.15) is 32.0 Å². The molecule has 0 saturated heterocycles. The summed E-state index contributed by atoms with van der Waals surface area (Å²) in [6, 6.07) is 16.0. The fraction of sp³-hybridized carbons (Fsp3) is 0.0435. The van der Waals surface area contributed by atoms with Crippen LogP contribution in [0.2, 0.25) is 0 Å². The topological polar surface area (TPSA) is 59.3 Å². The van der Waals surface area contributed by atoms with Crippen molar-refractivity contribution in [2.45, 2.75) is 6.92 Å². The third-order valence-electron chi connectivity index (χ3n) is 4.58. The van der Waals surface area contributed by atoms with Crippen molar-refractivity contribution in [1.82, 2.24) is 0 Å². The van der Waals surface area contributed by atoms with Crippen molar-refractivity contribution < 1.29 is 22.8 Å². The normalized spacial score (nSPS) is 10.9. The molecule has 3 aromatic carbocycles. The summed E-state index contributed by atoms with van der Waals surface area (Å²) in [7, 11) is 0. The molecule has 0 bridgehead atoms. The van der Waals surface area contributed by atoms with Crippen LogP contribution >= 0.6 is 0 Å². The maximum Gasteiger partial charge on any atom is 0.255 e. The lowest BCUT2D eigenvalue weighted by atomic mass is 10.0. The van der Waals surface area contributed by atoms with Gasteiger partial charge in [0.1, 0.15) is 17.2 Å². The molecule has 0 aliphatic heterocycles. The first-order valence-corrected chi connectivity index (χ1v) is 8.83. The number of fused-ring (bicyclic) bond motifs is 1. The molecule has 0 fully saturated rings. The van der Waals surface area contributed by atoms with Crippen LogP contribution in [0, 0.1) is 18.6 Å². The Kier molecular flexibility index (Phi) is 4.68. The van der Waals surface area contributed by atoms with Gasteiger partial charge in [0.15, 0.2) is 5.76 Å². The van der Waals surface area contributed by atoms with E-state index < -0.39 is 23.3 Å². The SMILES string of the molecule is Cc1ccc(C(=O)c2oc3ccccc3c2NC(=O)c2ccc(F)cc2)cc1F. The molecule has 29 heavy (non-hydrogen) atoms. The minimum Gasteiger partial charge on any atom is -0.450 e. The van der Waals surface area contributed by atoms with Gasteiger partial charge in [0.05, 0.1) is 5.69 Å². The number of carbonyl (C=O) groups excluding carboxylic acids is 2. The first-order chi connectivity index (χ1) is 13.9. The fourth-order valence-electron chi connectivity index (χ4n) is 2.98. The van der Waals surface area contributed by atoms with Gasteiger partial charge in [-0.2, -0.15) is 0 Å². The number of furan rings is 1. The highest BCUT2D eigenvalue weighted by atomic mass is 19.1. The van der Waals surface area contributed by atoms with Crippen molar-refractivity contribution in [3.8, 4) is 0 Å². The lowest BCUT2D eigenvalue weighted by Gasteiger charge is -2.07. The maximum atomic E-state index is 13.9. The van der Waals surface area contributed by atoms with Crippen LogP contribution in [-0.2, 0) is 0 Å². The van der Waals surface area contributed by atoms with E-state index in [1.807, 2.05) is 0 Å². The Morgan fingerprint density at radius 3 is 2.31 bits per heavy atom. The average molecular weight is 391 g/mol. The van der Waals surface area contributed by atoms with E-state index in [0.717, 1.165) is 6.07 Å². The van der Waals surface area contributed by atoms with Gasteiger partial charge in [0.25, 0.3) is 5.91 Å². The number of carbonyl (C=O) groups is 2. The molecule has 1 aromatic heterocycles. The highest BCUT2D eigenvalue weighted by molar-refractivity contribution is 6.18. The molecule has 0 atom stereocenters. The van der Waals surface area contributed by atoms with Crippen LogP contribution in [0.5, 0.6) is 0 Å². The number of amides is 1. The maximum absolute atomic E-state index is 13.9. The third kappa shape index (κ3) is 3.52. The van der Waals surface area contributed by atoms with Gasteiger partial charge in [0.2, 0.25) is 5.78 Å². The quantitative estimate of drug-likeness (QED) is 0.467. The molecule has 1 N–H and O–H groups in total. The number of benzene rings is 3. The van der Waals surface area contributed by atoms with Crippen LogP contribution in [-0.4, -0.2) is 11.7 Å². The number of hydrogen-bond donors (Lipinski definition) is 1. The Hall–Kier alpha value is -3.80. The van der Waals surface area contributed by atoms with Crippen molar-refractivity contribution >= 4 is 28.3 Å². The summed E-state index contributed by atoms with van der Waals surface area (Å²) in [6.07, 6.45) is 0. The second-order valence-corrected chi connectivity index (χ2v) is 6.56. The molecular formula is C23H15F2NO3. The molecule has 144 valence electrons. The van der Waals surface area contributed by atoms with Crippen molar-refractivity contribution in [1.29, 1.82) is 0 Å². The first kappa shape index (κ1) is 18.6. The summed E-state index contributed by atoms with van der Waals surface area (Å²) in [5.74, 6) is -2.17. The number of para-hydroxylation sites is 1. The van der Waals surface area contributed by atoms with Gasteiger partial charge < -0.3 is 9.73 Å². The van der Waals surface area contributed by atoms with E-state index in [9.17, 15) is 18.4 Å². The van der Waals surface area contributed by atoms with Crippen molar-refractivity contribution in [3.05, 3.63) is 101 Å². The molecule has 0 unspecified atom stereocenters. The summed E-state index contributed by atoms with van der Waals surface area (Å²) < 4.78 is 32.8. The average Bonchev–Trinajstić information content (AvgIpc) is 3.08. The van der Waals surface area contributed by atoms with Crippen LogP contribution in [0.15, 0.2) is 71.1 Å². The zero-order valence-electron chi connectivity index (χ0n) is 15.3. The van der Waals surface area contributed by atoms with E-state index in [2.05, 4.69) is 5.32 Å². The molecule has 0 aliphatic carbocycles. The van der Waals surface area contributed by atoms with Crippen molar-refractivity contribution in [2.24, 2.45) is 0 Å². The van der Waals surface area contributed by atoms with E-state index in [4.69, 9.17) is 4.42 Å². The minimum atomic E-state index is -0.561. The van der Waals surface area contributed by atoms with Gasteiger partial charge in [0, 0.05) is 16.5 Å². The van der Waals surface area contributed by atoms with E-state index >= 15 is 0 Å². The highest BCUT2D eigenvalue weighted by Gasteiger charge is 2.24. The molecule has 1 heterocycles. The Morgan fingerprint density at radius 2 is 1.59 bits per heavy atom. The number of anilines is 1. The summed E-state index contributed by atoms with van der Waals surface area (Å²) in [5.41, 5.74) is 1.32. The summed E-state index contributed by atoms with van der Waals surface area (Å²) in [5, 5.41) is 3.20. The Bertz CT molecular complexity index is 1240. The minimum absolute atomic E-state index is 0.101. The van der Waals surface area contributed by atoms with Crippen LogP contribution in [0.3, 0.4) is 0 Å². The second kappa shape index (κ2) is 7.31. The molecule has 1 amide bonds. The van der Waals surface area contributed by atoms with Crippen molar-refractivity contribution in [2.75, 3.05) is 5.32 Å². The second-order valence-electron chi connectivity index (χ2n) is 6.56. The predicted molar refractivity (Wildman–Crippen MR) is 105 cm³/mol. The van der Waals surface area contributed by atoms with E-state index in [1.165, 1.54) is 36.4 Å². The number of halogens is 2. The molecule has 0 aliphatic rings. The van der Waals surface area contributed by atoms with E-state index in [0.29, 0.717) is 16.5 Å². The van der Waals surface area contributed by atoms with E-state index in [1.54, 1.807) is 31.2 Å². The van der Waals surface area contributed by atoms with Crippen LogP contribution < -0.4 is 5.32 Å². The summed E-state index contributed by atoms with van der Waals surface area (Å²) >= 11 is 0. The van der Waals surface area contributed by atoms with Gasteiger partial charge in [-0.1, -0.05) is 24.3 Å². The molecule has 0 radical (unpaired) electrons. The van der Waals surface area contributed by atoms with Gasteiger partial charge in [-0.15, -0.1) is 0 Å². The van der Waals surface area contributed by atoms with E-state index in [-0.39, 0.29) is 22.6 Å². The first-order valence-electron chi connectivity index (χ1n) is 8.83. The molecule has 6 heteroatoms. The number of nitrogens with one attached hydrogen (secondary N) is 1. The standard InChI is InChI=1S/C23H15F2NO3/c1-13-6-7-15(12-18(13)25)21(27)22-20(17-4-2-3-5-19(17)29-22)26-23(28)14-8-10-16(24)11-9-14/h2-12H,1H3,(H,26,28). The Morgan fingerprint density at radius 1 is 0.897 bits per heavy atom. The van der Waals surface area contributed by atoms with Gasteiger partial charge in [-0.25, -0.2) is 8.78 Å². The molecular weight excluding hydrogens is 376 g/mol. The molecule has 0 spiro atoms. The zero-order chi connectivity index (χ0) is 20.5.